The van der Waals surface area contributed by atoms with Gasteiger partial charge in [0.05, 0.1) is 10.6 Å². The molecular formula is C19H24N2O3S. The number of sulfonamides is 1. The molecular weight excluding hydrogens is 336 g/mol. The van der Waals surface area contributed by atoms with E-state index in [1.807, 2.05) is 33.8 Å². The van der Waals surface area contributed by atoms with Crippen LogP contribution in [-0.4, -0.2) is 26.4 Å². The molecule has 0 bridgehead atoms. The third-order valence-corrected chi connectivity index (χ3v) is 5.19. The first-order valence-corrected chi connectivity index (χ1v) is 9.49. The molecule has 6 heteroatoms. The van der Waals surface area contributed by atoms with E-state index in [0.29, 0.717) is 5.69 Å². The molecule has 0 atom stereocenters. The van der Waals surface area contributed by atoms with Crippen molar-refractivity contribution in [2.75, 3.05) is 10.8 Å². The molecule has 0 spiro atoms. The van der Waals surface area contributed by atoms with Gasteiger partial charge in [0, 0.05) is 5.54 Å². The van der Waals surface area contributed by atoms with Gasteiger partial charge in [0.2, 0.25) is 5.91 Å². The number of amides is 1. The summed E-state index contributed by atoms with van der Waals surface area (Å²) >= 11 is 0. The minimum Gasteiger partial charge on any atom is -0.350 e. The molecule has 0 aliphatic rings. The average molecular weight is 360 g/mol. The highest BCUT2D eigenvalue weighted by Crippen LogP contribution is 2.24. The van der Waals surface area contributed by atoms with Gasteiger partial charge < -0.3 is 5.32 Å². The van der Waals surface area contributed by atoms with E-state index in [-0.39, 0.29) is 17.3 Å². The Bertz CT molecular complexity index is 840. The Balaban J connectivity index is 2.43. The Morgan fingerprint density at radius 3 is 2.24 bits per heavy atom. The number of benzene rings is 2. The van der Waals surface area contributed by atoms with Crippen LogP contribution in [0.2, 0.25) is 0 Å². The normalized spacial score (nSPS) is 11.8. The number of nitrogens with zero attached hydrogens (tertiary/aromatic N) is 1. The number of para-hydroxylation sites is 1. The van der Waals surface area contributed by atoms with Gasteiger partial charge in [0.25, 0.3) is 10.0 Å². The van der Waals surface area contributed by atoms with Gasteiger partial charge in [-0.3, -0.25) is 9.10 Å². The lowest BCUT2D eigenvalue weighted by molar-refractivity contribution is -0.121. The van der Waals surface area contributed by atoms with Crippen molar-refractivity contribution in [3.05, 3.63) is 60.2 Å². The van der Waals surface area contributed by atoms with Gasteiger partial charge in [0.1, 0.15) is 6.54 Å². The van der Waals surface area contributed by atoms with Gasteiger partial charge in [-0.15, -0.1) is 0 Å². The number of aryl methyl sites for hydroxylation is 1. The molecule has 2 aromatic rings. The molecule has 134 valence electrons. The molecule has 2 aromatic carbocycles. The molecule has 1 amide bonds. The number of nitrogens with one attached hydrogen (secondary N) is 1. The number of hydrogen-bond acceptors (Lipinski definition) is 3. The maximum absolute atomic E-state index is 13.1. The van der Waals surface area contributed by atoms with Crippen LogP contribution >= 0.6 is 0 Å². The summed E-state index contributed by atoms with van der Waals surface area (Å²) in [6, 6.07) is 15.3. The van der Waals surface area contributed by atoms with Crippen molar-refractivity contribution < 1.29 is 13.2 Å². The number of carbonyl (C=O) groups is 1. The quantitative estimate of drug-likeness (QED) is 0.891. The predicted molar refractivity (Wildman–Crippen MR) is 100 cm³/mol. The average Bonchev–Trinajstić information content (AvgIpc) is 2.51. The van der Waals surface area contributed by atoms with Crippen LogP contribution < -0.4 is 9.62 Å². The lowest BCUT2D eigenvalue weighted by Crippen LogP contribution is -2.47. The summed E-state index contributed by atoms with van der Waals surface area (Å²) in [6.07, 6.45) is 0. The number of hydrogen-bond donors (Lipinski definition) is 1. The first kappa shape index (κ1) is 19.0. The first-order chi connectivity index (χ1) is 11.6. The van der Waals surface area contributed by atoms with Crippen molar-refractivity contribution in [2.24, 2.45) is 0 Å². The SMILES string of the molecule is Cc1cccc(S(=O)(=O)N(CC(=O)NC(C)(C)C)c2ccccc2)c1. The van der Waals surface area contributed by atoms with Gasteiger partial charge >= 0.3 is 0 Å². The Hall–Kier alpha value is -2.34. The molecule has 0 radical (unpaired) electrons. The second-order valence-electron chi connectivity index (χ2n) is 6.96. The van der Waals surface area contributed by atoms with Crippen LogP contribution in [-0.2, 0) is 14.8 Å². The molecule has 0 saturated heterocycles. The maximum Gasteiger partial charge on any atom is 0.264 e. The van der Waals surface area contributed by atoms with Crippen molar-refractivity contribution in [1.29, 1.82) is 0 Å². The van der Waals surface area contributed by atoms with Gasteiger partial charge in [-0.2, -0.15) is 0 Å². The van der Waals surface area contributed by atoms with Crippen LogP contribution in [0.25, 0.3) is 0 Å². The van der Waals surface area contributed by atoms with E-state index in [0.717, 1.165) is 9.87 Å². The zero-order chi connectivity index (χ0) is 18.7. The summed E-state index contributed by atoms with van der Waals surface area (Å²) in [5, 5.41) is 2.81. The van der Waals surface area contributed by atoms with Crippen LogP contribution in [0.1, 0.15) is 26.3 Å². The third kappa shape index (κ3) is 5.06. The molecule has 0 aliphatic heterocycles. The van der Waals surface area contributed by atoms with Crippen LogP contribution in [0.3, 0.4) is 0 Å². The Morgan fingerprint density at radius 1 is 1.04 bits per heavy atom. The first-order valence-electron chi connectivity index (χ1n) is 8.05. The van der Waals surface area contributed by atoms with Crippen molar-refractivity contribution in [2.45, 2.75) is 38.1 Å². The van der Waals surface area contributed by atoms with E-state index in [1.54, 1.807) is 48.5 Å². The van der Waals surface area contributed by atoms with Crippen LogP contribution in [0.5, 0.6) is 0 Å². The summed E-state index contributed by atoms with van der Waals surface area (Å²) < 4.78 is 27.4. The Morgan fingerprint density at radius 2 is 1.68 bits per heavy atom. The van der Waals surface area contributed by atoms with Gasteiger partial charge in [-0.05, 0) is 57.5 Å². The fraction of sp³-hybridized carbons (Fsp3) is 0.316. The topological polar surface area (TPSA) is 66.5 Å². The fourth-order valence-corrected chi connectivity index (χ4v) is 3.93. The molecule has 0 aliphatic carbocycles. The van der Waals surface area contributed by atoms with Crippen LogP contribution in [0, 0.1) is 6.92 Å². The van der Waals surface area contributed by atoms with E-state index in [4.69, 9.17) is 0 Å². The summed E-state index contributed by atoms with van der Waals surface area (Å²) in [6.45, 7) is 7.11. The van der Waals surface area contributed by atoms with Crippen LogP contribution in [0.4, 0.5) is 5.69 Å². The Labute approximate surface area is 149 Å². The lowest BCUT2D eigenvalue weighted by Gasteiger charge is -2.27. The molecule has 1 N–H and O–H groups in total. The summed E-state index contributed by atoms with van der Waals surface area (Å²) in [7, 11) is -3.85. The van der Waals surface area contributed by atoms with Crippen molar-refractivity contribution in [3.63, 3.8) is 0 Å². The smallest absolute Gasteiger partial charge is 0.264 e. The number of anilines is 1. The summed E-state index contributed by atoms with van der Waals surface area (Å²) in [4.78, 5) is 12.5. The Kier molecular flexibility index (Phi) is 5.52. The number of carbonyl (C=O) groups excluding carboxylic acids is 1. The van der Waals surface area contributed by atoms with Gasteiger partial charge in [-0.1, -0.05) is 30.3 Å². The van der Waals surface area contributed by atoms with E-state index >= 15 is 0 Å². The summed E-state index contributed by atoms with van der Waals surface area (Å²) in [5.41, 5.74) is 0.855. The second-order valence-corrected chi connectivity index (χ2v) is 8.82. The van der Waals surface area contributed by atoms with Gasteiger partial charge in [-0.25, -0.2) is 8.42 Å². The summed E-state index contributed by atoms with van der Waals surface area (Å²) in [5.74, 6) is -0.354. The molecule has 0 heterocycles. The molecule has 2 rings (SSSR count). The van der Waals surface area contributed by atoms with E-state index in [1.165, 1.54) is 0 Å². The minimum atomic E-state index is -3.85. The number of rotatable bonds is 5. The maximum atomic E-state index is 13.1. The minimum absolute atomic E-state index is 0.167. The highest BCUT2D eigenvalue weighted by Gasteiger charge is 2.28. The van der Waals surface area contributed by atoms with Crippen molar-refractivity contribution in [3.8, 4) is 0 Å². The molecule has 25 heavy (non-hydrogen) atoms. The monoisotopic (exact) mass is 360 g/mol. The van der Waals surface area contributed by atoms with E-state index in [2.05, 4.69) is 5.32 Å². The molecule has 0 fully saturated rings. The standard InChI is InChI=1S/C19H24N2O3S/c1-15-9-8-12-17(13-15)25(23,24)21(16-10-6-5-7-11-16)14-18(22)20-19(2,3)4/h5-13H,14H2,1-4H3,(H,20,22). The molecule has 0 aromatic heterocycles. The largest absolute Gasteiger partial charge is 0.350 e. The third-order valence-electron chi connectivity index (χ3n) is 3.42. The zero-order valence-corrected chi connectivity index (χ0v) is 15.8. The molecule has 5 nitrogen and oxygen atoms in total. The van der Waals surface area contributed by atoms with E-state index < -0.39 is 15.6 Å². The fourth-order valence-electron chi connectivity index (χ4n) is 2.40. The second kappa shape index (κ2) is 7.27. The zero-order valence-electron chi connectivity index (χ0n) is 15.0. The van der Waals surface area contributed by atoms with Crippen LogP contribution in [0.15, 0.2) is 59.5 Å². The highest BCUT2D eigenvalue weighted by molar-refractivity contribution is 7.92. The molecule has 0 saturated carbocycles. The van der Waals surface area contributed by atoms with Crippen molar-refractivity contribution in [1.82, 2.24) is 5.32 Å². The molecule has 0 unspecified atom stereocenters. The van der Waals surface area contributed by atoms with Gasteiger partial charge in [0.15, 0.2) is 0 Å². The van der Waals surface area contributed by atoms with E-state index in [9.17, 15) is 13.2 Å². The highest BCUT2D eigenvalue weighted by atomic mass is 32.2. The predicted octanol–water partition coefficient (Wildman–Crippen LogP) is 3.11. The van der Waals surface area contributed by atoms with Crippen molar-refractivity contribution >= 4 is 21.6 Å². The lowest BCUT2D eigenvalue weighted by atomic mass is 10.1.